The van der Waals surface area contributed by atoms with Gasteiger partial charge in [0.2, 0.25) is 5.91 Å². The van der Waals surface area contributed by atoms with Crippen LogP contribution in [-0.2, 0) is 11.3 Å². The third kappa shape index (κ3) is 7.40. The lowest BCUT2D eigenvalue weighted by atomic mass is 10.0. The summed E-state index contributed by atoms with van der Waals surface area (Å²) in [5.41, 5.74) is 1.36. The number of ether oxygens (including phenoxy) is 2. The predicted molar refractivity (Wildman–Crippen MR) is 167 cm³/mol. The lowest BCUT2D eigenvalue weighted by Crippen LogP contribution is -2.46. The molecule has 0 radical (unpaired) electrons. The van der Waals surface area contributed by atoms with Crippen LogP contribution in [0.5, 0.6) is 11.5 Å². The van der Waals surface area contributed by atoms with Gasteiger partial charge in [-0.05, 0) is 30.2 Å². The first-order valence-electron chi connectivity index (χ1n) is 14.5. The average molecular weight is 632 g/mol. The highest BCUT2D eigenvalue weighted by molar-refractivity contribution is 6.33. The average Bonchev–Trinajstić information content (AvgIpc) is 3.46. The van der Waals surface area contributed by atoms with Crippen molar-refractivity contribution in [2.75, 3.05) is 33.4 Å². The van der Waals surface area contributed by atoms with E-state index in [1.54, 1.807) is 22.9 Å². The van der Waals surface area contributed by atoms with Gasteiger partial charge < -0.3 is 25.0 Å². The molecule has 0 fully saturated rings. The minimum atomic E-state index is -0.544. The number of pyridine rings is 1. The van der Waals surface area contributed by atoms with E-state index in [2.05, 4.69) is 15.6 Å². The van der Waals surface area contributed by atoms with E-state index in [9.17, 15) is 14.4 Å². The molecular formula is C32H34ClN7O5. The first-order valence-corrected chi connectivity index (χ1v) is 14.9. The van der Waals surface area contributed by atoms with Crippen LogP contribution in [-0.4, -0.2) is 75.7 Å². The molecule has 0 aliphatic carbocycles. The Morgan fingerprint density at radius 3 is 2.62 bits per heavy atom. The maximum Gasteiger partial charge on any atom is 0.256 e. The summed E-state index contributed by atoms with van der Waals surface area (Å²) in [6.07, 6.45) is 2.82. The summed E-state index contributed by atoms with van der Waals surface area (Å²) >= 11 is 6.28. The Hall–Kier alpha value is -4.97. The molecule has 2 bridgehead atoms. The molecule has 2 N–H and O–H groups in total. The van der Waals surface area contributed by atoms with Crippen LogP contribution in [0.3, 0.4) is 0 Å². The second-order valence-corrected chi connectivity index (χ2v) is 11.1. The summed E-state index contributed by atoms with van der Waals surface area (Å²) < 4.78 is 13.3. The fourth-order valence-electron chi connectivity index (χ4n) is 4.93. The molecule has 0 saturated heterocycles. The molecular weight excluding hydrogens is 598 g/mol. The number of amides is 3. The molecule has 1 atom stereocenters. The van der Waals surface area contributed by atoms with Crippen molar-refractivity contribution in [2.24, 2.45) is 5.92 Å². The second kappa shape index (κ2) is 14.2. The topological polar surface area (TPSA) is 141 Å². The SMILES string of the molecule is COc1ccc2cc1OCCn1nc(-c3ccccc3)nc1[C@@H](C(C)C)NC(=O)CN(C(=O)c1ccncc1Cl)CCNC2=O. The van der Waals surface area contributed by atoms with Gasteiger partial charge in [0.05, 0.1) is 36.8 Å². The summed E-state index contributed by atoms with van der Waals surface area (Å²) in [5.74, 6) is 0.545. The smallest absolute Gasteiger partial charge is 0.256 e. The van der Waals surface area contributed by atoms with Gasteiger partial charge in [-0.2, -0.15) is 5.10 Å². The standard InChI is InChI=1S/C32H34ClN7O5/c1-20(2)28-30-37-29(21-7-5-4-6-8-21)38-40(30)15-16-45-26-17-22(9-10-25(26)44-3)31(42)35-13-14-39(19-27(41)36-28)32(43)23-11-12-34-18-24(23)33/h4-12,17-18,20,28H,13-16,19H2,1-3H3,(H,35,42)(H,36,41)/t28-/m1/s1. The van der Waals surface area contributed by atoms with Gasteiger partial charge in [0.15, 0.2) is 23.1 Å². The third-order valence-corrected chi connectivity index (χ3v) is 7.57. The number of halogens is 1. The molecule has 45 heavy (non-hydrogen) atoms. The van der Waals surface area contributed by atoms with Crippen LogP contribution in [0.2, 0.25) is 5.02 Å². The van der Waals surface area contributed by atoms with Crippen molar-refractivity contribution >= 4 is 29.3 Å². The number of rotatable bonds is 4. The second-order valence-electron chi connectivity index (χ2n) is 10.7. The van der Waals surface area contributed by atoms with E-state index in [-0.39, 0.29) is 48.7 Å². The molecule has 13 heteroatoms. The van der Waals surface area contributed by atoms with Gasteiger partial charge in [-0.25, -0.2) is 9.67 Å². The number of methoxy groups -OCH3 is 1. The zero-order valence-electron chi connectivity index (χ0n) is 25.2. The molecule has 3 heterocycles. The van der Waals surface area contributed by atoms with Gasteiger partial charge in [0.1, 0.15) is 6.61 Å². The molecule has 2 aromatic carbocycles. The number of hydrogen-bond acceptors (Lipinski definition) is 8. The van der Waals surface area contributed by atoms with Gasteiger partial charge >= 0.3 is 0 Å². The Bertz CT molecular complexity index is 1680. The van der Waals surface area contributed by atoms with Crippen LogP contribution in [0.1, 0.15) is 46.4 Å². The highest BCUT2D eigenvalue weighted by atomic mass is 35.5. The number of nitrogens with zero attached hydrogens (tertiary/aromatic N) is 5. The van der Waals surface area contributed by atoms with E-state index in [1.165, 1.54) is 30.5 Å². The molecule has 0 unspecified atom stereocenters. The van der Waals surface area contributed by atoms with E-state index in [0.29, 0.717) is 35.3 Å². The van der Waals surface area contributed by atoms with Crippen molar-refractivity contribution < 1.29 is 23.9 Å². The number of hydrogen-bond donors (Lipinski definition) is 2. The first-order chi connectivity index (χ1) is 21.7. The lowest BCUT2D eigenvalue weighted by molar-refractivity contribution is -0.123. The number of benzene rings is 2. The van der Waals surface area contributed by atoms with Crippen LogP contribution in [0.4, 0.5) is 0 Å². The normalized spacial score (nSPS) is 16.2. The van der Waals surface area contributed by atoms with Gasteiger partial charge in [0, 0.05) is 36.6 Å². The predicted octanol–water partition coefficient (Wildman–Crippen LogP) is 3.78. The number of carbonyl (C=O) groups is 3. The quantitative estimate of drug-likeness (QED) is 0.347. The van der Waals surface area contributed by atoms with Crippen molar-refractivity contribution in [3.05, 3.63) is 89.0 Å². The fraction of sp³-hybridized carbons (Fsp3) is 0.312. The van der Waals surface area contributed by atoms with Gasteiger partial charge in [-0.15, -0.1) is 0 Å². The van der Waals surface area contributed by atoms with Gasteiger partial charge in [-0.1, -0.05) is 55.8 Å². The number of nitrogens with one attached hydrogen (secondary N) is 2. The van der Waals surface area contributed by atoms with Crippen LogP contribution in [0, 0.1) is 5.92 Å². The Morgan fingerprint density at radius 2 is 1.89 bits per heavy atom. The van der Waals surface area contributed by atoms with Crippen LogP contribution >= 0.6 is 11.6 Å². The van der Waals surface area contributed by atoms with E-state index < -0.39 is 17.9 Å². The molecule has 5 rings (SSSR count). The summed E-state index contributed by atoms with van der Waals surface area (Å²) in [7, 11) is 1.52. The summed E-state index contributed by atoms with van der Waals surface area (Å²) in [4.78, 5) is 50.4. The summed E-state index contributed by atoms with van der Waals surface area (Å²) in [6.45, 7) is 4.24. The zero-order valence-corrected chi connectivity index (χ0v) is 26.0. The van der Waals surface area contributed by atoms with Crippen LogP contribution < -0.4 is 20.1 Å². The molecule has 0 saturated carbocycles. The monoisotopic (exact) mass is 631 g/mol. The van der Waals surface area contributed by atoms with Crippen molar-refractivity contribution in [3.8, 4) is 22.9 Å². The summed E-state index contributed by atoms with van der Waals surface area (Å²) in [5, 5.41) is 10.8. The Kier molecular flexibility index (Phi) is 9.93. The van der Waals surface area contributed by atoms with E-state index in [4.69, 9.17) is 31.2 Å². The molecule has 0 spiro atoms. The van der Waals surface area contributed by atoms with Crippen molar-refractivity contribution in [1.29, 1.82) is 0 Å². The number of aromatic nitrogens is 4. The van der Waals surface area contributed by atoms with Crippen LogP contribution in [0.15, 0.2) is 67.0 Å². The molecule has 3 amide bonds. The highest BCUT2D eigenvalue weighted by Gasteiger charge is 2.28. The van der Waals surface area contributed by atoms with E-state index >= 15 is 0 Å². The van der Waals surface area contributed by atoms with Gasteiger partial charge in [0.25, 0.3) is 11.8 Å². The zero-order chi connectivity index (χ0) is 31.9. The maximum absolute atomic E-state index is 13.6. The first kappa shape index (κ1) is 31.5. The van der Waals surface area contributed by atoms with E-state index in [0.717, 1.165) is 5.56 Å². The molecule has 2 aromatic heterocycles. The maximum atomic E-state index is 13.6. The van der Waals surface area contributed by atoms with E-state index in [1.807, 2.05) is 44.2 Å². The molecule has 1 aliphatic rings. The van der Waals surface area contributed by atoms with Crippen molar-refractivity contribution in [2.45, 2.75) is 26.4 Å². The summed E-state index contributed by atoms with van der Waals surface area (Å²) in [6, 6.07) is 15.4. The molecule has 4 aromatic rings. The minimum absolute atomic E-state index is 0.0385. The lowest BCUT2D eigenvalue weighted by Gasteiger charge is -2.26. The number of carbonyl (C=O) groups excluding carboxylic acids is 3. The largest absolute Gasteiger partial charge is 0.493 e. The Morgan fingerprint density at radius 1 is 1.09 bits per heavy atom. The fourth-order valence-corrected chi connectivity index (χ4v) is 5.13. The van der Waals surface area contributed by atoms with Crippen molar-refractivity contribution in [1.82, 2.24) is 35.3 Å². The molecule has 234 valence electrons. The van der Waals surface area contributed by atoms with Gasteiger partial charge in [-0.3, -0.25) is 19.4 Å². The number of fused-ring (bicyclic) bond motifs is 3. The highest BCUT2D eigenvalue weighted by Crippen LogP contribution is 2.29. The Balaban J connectivity index is 1.54. The Labute approximate surface area is 265 Å². The van der Waals surface area contributed by atoms with Crippen molar-refractivity contribution in [3.63, 3.8) is 0 Å². The minimum Gasteiger partial charge on any atom is -0.493 e. The molecule has 1 aliphatic heterocycles. The third-order valence-electron chi connectivity index (χ3n) is 7.27. The van der Waals surface area contributed by atoms with Crippen LogP contribution in [0.25, 0.3) is 11.4 Å². The molecule has 12 nitrogen and oxygen atoms in total.